The number of aromatic hydroxyl groups is 1. The zero-order valence-corrected chi connectivity index (χ0v) is 12.4. The lowest BCUT2D eigenvalue weighted by Gasteiger charge is -2.17. The van der Waals surface area contributed by atoms with Crippen molar-refractivity contribution in [1.82, 2.24) is 5.32 Å². The van der Waals surface area contributed by atoms with E-state index in [2.05, 4.69) is 12.2 Å². The molecule has 0 bridgehead atoms. The van der Waals surface area contributed by atoms with Crippen LogP contribution >= 0.6 is 0 Å². The summed E-state index contributed by atoms with van der Waals surface area (Å²) in [6.07, 6.45) is 0.251. The van der Waals surface area contributed by atoms with Crippen molar-refractivity contribution in [2.75, 3.05) is 13.2 Å². The molecule has 1 atom stereocenters. The van der Waals surface area contributed by atoms with Crippen LogP contribution in [-0.4, -0.2) is 24.4 Å². The van der Waals surface area contributed by atoms with Crippen molar-refractivity contribution in [1.29, 1.82) is 0 Å². The molecule has 0 amide bonds. The van der Waals surface area contributed by atoms with Crippen LogP contribution in [0.25, 0.3) is 10.8 Å². The van der Waals surface area contributed by atoms with Crippen LogP contribution in [0.15, 0.2) is 36.4 Å². The molecule has 0 fully saturated rings. The Morgan fingerprint density at radius 1 is 1.10 bits per heavy atom. The second kappa shape index (κ2) is 6.73. The van der Waals surface area contributed by atoms with Gasteiger partial charge >= 0.3 is 0 Å². The van der Waals surface area contributed by atoms with Gasteiger partial charge in [-0.25, -0.2) is 0 Å². The Morgan fingerprint density at radius 3 is 2.60 bits per heavy atom. The Labute approximate surface area is 120 Å². The van der Waals surface area contributed by atoms with Gasteiger partial charge in [0, 0.05) is 23.5 Å². The highest BCUT2D eigenvalue weighted by molar-refractivity contribution is 5.89. The molecule has 0 aliphatic rings. The Kier molecular flexibility index (Phi) is 4.99. The van der Waals surface area contributed by atoms with Gasteiger partial charge in [0.15, 0.2) is 0 Å². The van der Waals surface area contributed by atoms with E-state index in [1.165, 1.54) is 0 Å². The fourth-order valence-electron chi connectivity index (χ4n) is 2.30. The molecule has 0 aliphatic carbocycles. The first-order chi connectivity index (χ1) is 9.59. The van der Waals surface area contributed by atoms with E-state index in [0.717, 1.165) is 22.9 Å². The minimum absolute atomic E-state index is 0.0929. The fraction of sp³-hybridized carbons (Fsp3) is 0.412. The number of nitrogens with one attached hydrogen (secondary N) is 1. The molecule has 0 aromatic heterocycles. The number of rotatable bonds is 6. The largest absolute Gasteiger partial charge is 0.507 e. The van der Waals surface area contributed by atoms with E-state index in [1.54, 1.807) is 0 Å². The molecule has 0 radical (unpaired) electrons. The van der Waals surface area contributed by atoms with E-state index >= 15 is 0 Å². The molecule has 2 N–H and O–H groups in total. The molecule has 3 nitrogen and oxygen atoms in total. The second-order valence-corrected chi connectivity index (χ2v) is 5.32. The van der Waals surface area contributed by atoms with E-state index in [9.17, 15) is 5.11 Å². The maximum atomic E-state index is 10.4. The van der Waals surface area contributed by atoms with Gasteiger partial charge in [-0.15, -0.1) is 0 Å². The van der Waals surface area contributed by atoms with Gasteiger partial charge in [-0.3, -0.25) is 0 Å². The highest BCUT2D eigenvalue weighted by atomic mass is 16.5. The number of hydrogen-bond acceptors (Lipinski definition) is 3. The normalized spacial score (nSPS) is 13.0. The molecular formula is C17H23NO2. The smallest absolute Gasteiger partial charge is 0.128 e. The minimum Gasteiger partial charge on any atom is -0.507 e. The summed E-state index contributed by atoms with van der Waals surface area (Å²) >= 11 is 0. The van der Waals surface area contributed by atoms with E-state index in [0.29, 0.717) is 12.4 Å². The molecule has 2 rings (SSSR count). The first-order valence-electron chi connectivity index (χ1n) is 7.15. The molecule has 0 aliphatic heterocycles. The van der Waals surface area contributed by atoms with Crippen molar-refractivity contribution < 1.29 is 9.84 Å². The SMILES string of the molecule is CC(C)OCCNC(C)c1ccc2ccccc2c1O. The Morgan fingerprint density at radius 2 is 1.85 bits per heavy atom. The molecule has 0 saturated heterocycles. The quantitative estimate of drug-likeness (QED) is 0.790. The molecule has 108 valence electrons. The molecule has 2 aromatic carbocycles. The van der Waals surface area contributed by atoms with Gasteiger partial charge in [-0.05, 0) is 26.2 Å². The molecule has 3 heteroatoms. The lowest BCUT2D eigenvalue weighted by atomic mass is 10.0. The van der Waals surface area contributed by atoms with Gasteiger partial charge in [0.05, 0.1) is 12.7 Å². The summed E-state index contributed by atoms with van der Waals surface area (Å²) in [5.74, 6) is 0.368. The van der Waals surface area contributed by atoms with Gasteiger partial charge in [0.2, 0.25) is 0 Å². The predicted octanol–water partition coefficient (Wildman–Crippen LogP) is 3.62. The zero-order chi connectivity index (χ0) is 14.5. The summed E-state index contributed by atoms with van der Waals surface area (Å²) in [6.45, 7) is 7.55. The summed E-state index contributed by atoms with van der Waals surface area (Å²) < 4.78 is 5.50. The maximum absolute atomic E-state index is 10.4. The number of ether oxygens (including phenoxy) is 1. The molecule has 20 heavy (non-hydrogen) atoms. The monoisotopic (exact) mass is 273 g/mol. The topological polar surface area (TPSA) is 41.5 Å². The van der Waals surface area contributed by atoms with Gasteiger partial charge in [0.1, 0.15) is 5.75 Å². The van der Waals surface area contributed by atoms with Gasteiger partial charge in [-0.1, -0.05) is 36.4 Å². The first-order valence-corrected chi connectivity index (χ1v) is 7.15. The van der Waals surface area contributed by atoms with Crippen LogP contribution < -0.4 is 5.32 Å². The summed E-state index contributed by atoms with van der Waals surface area (Å²) in [5.41, 5.74) is 0.924. The Bertz CT molecular complexity index is 566. The van der Waals surface area contributed by atoms with Crippen molar-refractivity contribution in [3.63, 3.8) is 0 Å². The van der Waals surface area contributed by atoms with Crippen LogP contribution in [0, 0.1) is 0 Å². The van der Waals surface area contributed by atoms with E-state index in [-0.39, 0.29) is 12.1 Å². The van der Waals surface area contributed by atoms with Gasteiger partial charge < -0.3 is 15.2 Å². The maximum Gasteiger partial charge on any atom is 0.128 e. The molecule has 1 unspecified atom stereocenters. The lowest BCUT2D eigenvalue weighted by Crippen LogP contribution is -2.24. The highest BCUT2D eigenvalue weighted by Gasteiger charge is 2.12. The number of phenolic OH excluding ortho intramolecular Hbond substituents is 1. The summed E-state index contributed by atoms with van der Waals surface area (Å²) in [5, 5.41) is 15.7. The standard InChI is InChI=1S/C17H23NO2/c1-12(2)20-11-10-18-13(3)15-9-8-14-6-4-5-7-16(14)17(15)19/h4-9,12-13,18-19H,10-11H2,1-3H3. The summed E-state index contributed by atoms with van der Waals surface area (Å²) in [7, 11) is 0. The third-order valence-corrected chi connectivity index (χ3v) is 3.40. The van der Waals surface area contributed by atoms with Crippen LogP contribution in [0.4, 0.5) is 0 Å². The second-order valence-electron chi connectivity index (χ2n) is 5.32. The van der Waals surface area contributed by atoms with E-state index < -0.39 is 0 Å². The number of hydrogen-bond donors (Lipinski definition) is 2. The van der Waals surface area contributed by atoms with Crippen molar-refractivity contribution in [3.8, 4) is 5.75 Å². The average Bonchev–Trinajstić information content (AvgIpc) is 2.44. The number of phenols is 1. The zero-order valence-electron chi connectivity index (χ0n) is 12.4. The van der Waals surface area contributed by atoms with Crippen LogP contribution in [0.3, 0.4) is 0 Å². The highest BCUT2D eigenvalue weighted by Crippen LogP contribution is 2.32. The van der Waals surface area contributed by atoms with Crippen LogP contribution in [0.1, 0.15) is 32.4 Å². The molecule has 0 heterocycles. The summed E-state index contributed by atoms with van der Waals surface area (Å²) in [4.78, 5) is 0. The van der Waals surface area contributed by atoms with Crippen molar-refractivity contribution in [2.45, 2.75) is 32.9 Å². The third-order valence-electron chi connectivity index (χ3n) is 3.40. The van der Waals surface area contributed by atoms with Crippen LogP contribution in [-0.2, 0) is 4.74 Å². The van der Waals surface area contributed by atoms with E-state index in [4.69, 9.17) is 4.74 Å². The average molecular weight is 273 g/mol. The van der Waals surface area contributed by atoms with Crippen LogP contribution in [0.2, 0.25) is 0 Å². The number of fused-ring (bicyclic) bond motifs is 1. The molecule has 0 saturated carbocycles. The third kappa shape index (κ3) is 3.50. The Hall–Kier alpha value is -1.58. The molecule has 2 aromatic rings. The molecule has 0 spiro atoms. The summed E-state index contributed by atoms with van der Waals surface area (Å²) in [6, 6.07) is 12.0. The van der Waals surface area contributed by atoms with E-state index in [1.807, 2.05) is 50.2 Å². The van der Waals surface area contributed by atoms with Gasteiger partial charge in [-0.2, -0.15) is 0 Å². The minimum atomic E-state index is 0.0929. The first kappa shape index (κ1) is 14.8. The van der Waals surface area contributed by atoms with Gasteiger partial charge in [0.25, 0.3) is 0 Å². The Balaban J connectivity index is 2.06. The van der Waals surface area contributed by atoms with Crippen LogP contribution in [0.5, 0.6) is 5.75 Å². The fourth-order valence-corrected chi connectivity index (χ4v) is 2.30. The number of benzene rings is 2. The van der Waals surface area contributed by atoms with Crippen molar-refractivity contribution >= 4 is 10.8 Å². The van der Waals surface area contributed by atoms with Crippen molar-refractivity contribution in [3.05, 3.63) is 42.0 Å². The lowest BCUT2D eigenvalue weighted by molar-refractivity contribution is 0.0796. The van der Waals surface area contributed by atoms with Crippen molar-refractivity contribution in [2.24, 2.45) is 0 Å². The predicted molar refractivity (Wildman–Crippen MR) is 83.1 cm³/mol. The molecular weight excluding hydrogens is 250 g/mol.